The number of benzene rings is 2. The summed E-state index contributed by atoms with van der Waals surface area (Å²) < 4.78 is 5.64. The first-order valence-electron chi connectivity index (χ1n) is 9.75. The van der Waals surface area contributed by atoms with Gasteiger partial charge in [-0.1, -0.05) is 36.4 Å². The molecule has 4 rings (SSSR count). The van der Waals surface area contributed by atoms with Crippen LogP contribution in [0.3, 0.4) is 0 Å². The third kappa shape index (κ3) is 4.08. The van der Waals surface area contributed by atoms with Gasteiger partial charge < -0.3 is 19.9 Å². The minimum absolute atomic E-state index is 0.0835. The quantitative estimate of drug-likeness (QED) is 0.874. The molecule has 2 aliphatic heterocycles. The van der Waals surface area contributed by atoms with E-state index in [9.17, 15) is 4.79 Å². The van der Waals surface area contributed by atoms with Crippen molar-refractivity contribution in [3.63, 3.8) is 0 Å². The second-order valence-corrected chi connectivity index (χ2v) is 7.40. The first-order valence-corrected chi connectivity index (χ1v) is 9.75. The molecule has 2 aliphatic rings. The van der Waals surface area contributed by atoms with E-state index in [2.05, 4.69) is 40.5 Å². The van der Waals surface area contributed by atoms with Crippen LogP contribution < -0.4 is 10.2 Å². The minimum atomic E-state index is -0.0835. The fraction of sp³-hybridized carbons (Fsp3) is 0.409. The molecule has 0 spiro atoms. The highest BCUT2D eigenvalue weighted by molar-refractivity contribution is 5.90. The van der Waals surface area contributed by atoms with Crippen molar-refractivity contribution in [1.82, 2.24) is 4.90 Å². The second kappa shape index (κ2) is 8.01. The molecule has 2 heterocycles. The summed E-state index contributed by atoms with van der Waals surface area (Å²) in [4.78, 5) is 16.7. The monoisotopic (exact) mass is 365 g/mol. The molecule has 0 radical (unpaired) electrons. The molecule has 2 amide bonds. The Balaban J connectivity index is 1.43. The predicted octanol–water partition coefficient (Wildman–Crippen LogP) is 3.89. The minimum Gasteiger partial charge on any atom is -0.376 e. The Morgan fingerprint density at radius 3 is 2.89 bits per heavy atom. The number of carbonyl (C=O) groups excluding carboxylic acids is 1. The van der Waals surface area contributed by atoms with Crippen LogP contribution in [-0.4, -0.2) is 43.8 Å². The van der Waals surface area contributed by atoms with Gasteiger partial charge >= 0.3 is 6.03 Å². The van der Waals surface area contributed by atoms with Crippen molar-refractivity contribution in [2.75, 3.05) is 37.0 Å². The number of nitrogens with zero attached hydrogens (tertiary/aromatic N) is 2. The van der Waals surface area contributed by atoms with E-state index in [1.54, 1.807) is 4.90 Å². The third-order valence-corrected chi connectivity index (χ3v) is 5.45. The number of carbonyl (C=O) groups is 1. The van der Waals surface area contributed by atoms with E-state index in [0.717, 1.165) is 50.2 Å². The topological polar surface area (TPSA) is 44.8 Å². The number of ether oxygens (including phenoxy) is 1. The molecule has 2 aromatic carbocycles. The number of fused-ring (bicyclic) bond motifs is 1. The number of hydrogen-bond acceptors (Lipinski definition) is 3. The van der Waals surface area contributed by atoms with Gasteiger partial charge in [0.15, 0.2) is 0 Å². The molecule has 0 aromatic heterocycles. The maximum absolute atomic E-state index is 12.6. The van der Waals surface area contributed by atoms with E-state index in [-0.39, 0.29) is 12.1 Å². The van der Waals surface area contributed by atoms with Gasteiger partial charge in [-0.2, -0.15) is 0 Å². The van der Waals surface area contributed by atoms with Crippen LogP contribution in [0, 0.1) is 0 Å². The molecule has 142 valence electrons. The number of hydrogen-bond donors (Lipinski definition) is 1. The Bertz CT molecular complexity index is 802. The van der Waals surface area contributed by atoms with Crippen LogP contribution in [0.4, 0.5) is 16.2 Å². The molecule has 1 saturated heterocycles. The number of amides is 2. The summed E-state index contributed by atoms with van der Waals surface area (Å²) in [6.07, 6.45) is 3.36. The zero-order chi connectivity index (χ0) is 18.6. The van der Waals surface area contributed by atoms with Crippen LogP contribution in [0.25, 0.3) is 0 Å². The maximum Gasteiger partial charge on any atom is 0.321 e. The lowest BCUT2D eigenvalue weighted by Gasteiger charge is -2.24. The standard InChI is InChI=1S/C22H27N3O2/c1-24(16-19-9-6-14-27-19)22(26)23-20-10-4-2-8-18(20)15-25-13-12-17-7-3-5-11-21(17)25/h2-5,7-8,10-11,19H,6,9,12-16H2,1H3,(H,23,26)/t19-/m1/s1. The van der Waals surface area contributed by atoms with Crippen LogP contribution in [-0.2, 0) is 17.7 Å². The summed E-state index contributed by atoms with van der Waals surface area (Å²) in [5, 5.41) is 3.09. The summed E-state index contributed by atoms with van der Waals surface area (Å²) in [5.74, 6) is 0. The van der Waals surface area contributed by atoms with E-state index < -0.39 is 0 Å². The fourth-order valence-corrected chi connectivity index (χ4v) is 3.94. The van der Waals surface area contributed by atoms with Gasteiger partial charge in [0.05, 0.1) is 6.10 Å². The molecule has 0 saturated carbocycles. The Morgan fingerprint density at radius 1 is 1.22 bits per heavy atom. The van der Waals surface area contributed by atoms with Crippen LogP contribution >= 0.6 is 0 Å². The second-order valence-electron chi connectivity index (χ2n) is 7.40. The van der Waals surface area contributed by atoms with Crippen LogP contribution in [0.15, 0.2) is 48.5 Å². The van der Waals surface area contributed by atoms with Gasteiger partial charge in [-0.15, -0.1) is 0 Å². The highest BCUT2D eigenvalue weighted by atomic mass is 16.5. The van der Waals surface area contributed by atoms with Gasteiger partial charge in [-0.05, 0) is 42.5 Å². The number of likely N-dealkylation sites (N-methyl/N-ethyl adjacent to an activating group) is 1. The lowest BCUT2D eigenvalue weighted by molar-refractivity contribution is 0.0894. The van der Waals surface area contributed by atoms with Crippen molar-refractivity contribution < 1.29 is 9.53 Å². The number of urea groups is 1. The van der Waals surface area contributed by atoms with Crippen molar-refractivity contribution in [3.05, 3.63) is 59.7 Å². The highest BCUT2D eigenvalue weighted by Gasteiger charge is 2.22. The fourth-order valence-electron chi connectivity index (χ4n) is 3.94. The van der Waals surface area contributed by atoms with Crippen molar-refractivity contribution in [2.24, 2.45) is 0 Å². The Labute approximate surface area is 160 Å². The zero-order valence-corrected chi connectivity index (χ0v) is 15.9. The van der Waals surface area contributed by atoms with E-state index in [1.165, 1.54) is 11.3 Å². The molecular formula is C22H27N3O2. The van der Waals surface area contributed by atoms with Gasteiger partial charge in [0.25, 0.3) is 0 Å². The Morgan fingerprint density at radius 2 is 2.04 bits per heavy atom. The van der Waals surface area contributed by atoms with E-state index >= 15 is 0 Å². The lowest BCUT2D eigenvalue weighted by atomic mass is 10.1. The normalized spacial score (nSPS) is 18.4. The summed E-state index contributed by atoms with van der Waals surface area (Å²) in [6, 6.07) is 16.6. The van der Waals surface area contributed by atoms with Crippen LogP contribution in [0.1, 0.15) is 24.0 Å². The van der Waals surface area contributed by atoms with Gasteiger partial charge in [0.2, 0.25) is 0 Å². The largest absolute Gasteiger partial charge is 0.376 e. The third-order valence-electron chi connectivity index (χ3n) is 5.45. The lowest BCUT2D eigenvalue weighted by Crippen LogP contribution is -2.37. The summed E-state index contributed by atoms with van der Waals surface area (Å²) in [7, 11) is 1.83. The summed E-state index contributed by atoms with van der Waals surface area (Å²) >= 11 is 0. The van der Waals surface area contributed by atoms with E-state index in [4.69, 9.17) is 4.74 Å². The number of rotatable bonds is 5. The predicted molar refractivity (Wildman–Crippen MR) is 108 cm³/mol. The SMILES string of the molecule is CN(C[C@H]1CCCO1)C(=O)Nc1ccccc1CN1CCc2ccccc21. The molecule has 5 heteroatoms. The Kier molecular flexibility index (Phi) is 5.30. The molecule has 0 unspecified atom stereocenters. The molecule has 1 atom stereocenters. The number of para-hydroxylation sites is 2. The van der Waals surface area contributed by atoms with Gasteiger partial charge in [0, 0.05) is 44.7 Å². The zero-order valence-electron chi connectivity index (χ0n) is 15.9. The molecule has 0 bridgehead atoms. The van der Waals surface area contributed by atoms with Crippen molar-refractivity contribution in [3.8, 4) is 0 Å². The molecule has 1 N–H and O–H groups in total. The number of nitrogens with one attached hydrogen (secondary N) is 1. The smallest absolute Gasteiger partial charge is 0.321 e. The van der Waals surface area contributed by atoms with Gasteiger partial charge in [-0.3, -0.25) is 0 Å². The first-order chi connectivity index (χ1) is 13.2. The molecule has 27 heavy (non-hydrogen) atoms. The maximum atomic E-state index is 12.6. The van der Waals surface area contributed by atoms with Gasteiger partial charge in [0.1, 0.15) is 0 Å². The van der Waals surface area contributed by atoms with E-state index in [1.807, 2.05) is 25.2 Å². The van der Waals surface area contributed by atoms with Crippen molar-refractivity contribution in [1.29, 1.82) is 0 Å². The highest BCUT2D eigenvalue weighted by Crippen LogP contribution is 2.30. The first kappa shape index (κ1) is 17.9. The molecule has 2 aromatic rings. The van der Waals surface area contributed by atoms with Crippen molar-refractivity contribution in [2.45, 2.75) is 31.9 Å². The molecule has 1 fully saturated rings. The average Bonchev–Trinajstić information content (AvgIpc) is 3.33. The molecular weight excluding hydrogens is 338 g/mol. The average molecular weight is 365 g/mol. The van der Waals surface area contributed by atoms with E-state index in [0.29, 0.717) is 6.54 Å². The van der Waals surface area contributed by atoms with Crippen LogP contribution in [0.5, 0.6) is 0 Å². The number of anilines is 2. The molecule has 5 nitrogen and oxygen atoms in total. The summed E-state index contributed by atoms with van der Waals surface area (Å²) in [6.45, 7) is 3.25. The van der Waals surface area contributed by atoms with Crippen molar-refractivity contribution >= 4 is 17.4 Å². The summed E-state index contributed by atoms with van der Waals surface area (Å²) in [5.41, 5.74) is 4.71. The van der Waals surface area contributed by atoms with Gasteiger partial charge in [-0.25, -0.2) is 4.79 Å². The Hall–Kier alpha value is -2.53. The van der Waals surface area contributed by atoms with Crippen LogP contribution in [0.2, 0.25) is 0 Å². The molecule has 0 aliphatic carbocycles.